The Hall–Kier alpha value is -2.53. The molecule has 0 aliphatic heterocycles. The summed E-state index contributed by atoms with van der Waals surface area (Å²) in [6.07, 6.45) is 4.23. The minimum absolute atomic E-state index is 0.203. The summed E-state index contributed by atoms with van der Waals surface area (Å²) < 4.78 is 0. The summed E-state index contributed by atoms with van der Waals surface area (Å²) in [5, 5.41) is 15.5. The number of halogens is 1. The molecule has 0 saturated heterocycles. The maximum absolute atomic E-state index is 12.7. The molecule has 0 radical (unpaired) electrons. The van der Waals surface area contributed by atoms with E-state index >= 15 is 0 Å². The molecule has 0 heterocycles. The van der Waals surface area contributed by atoms with Gasteiger partial charge in [-0.25, -0.2) is 0 Å². The van der Waals surface area contributed by atoms with Gasteiger partial charge in [0, 0.05) is 17.3 Å². The molecule has 1 aliphatic carbocycles. The summed E-state index contributed by atoms with van der Waals surface area (Å²) in [6, 6.07) is 15.5. The predicted molar refractivity (Wildman–Crippen MR) is 111 cm³/mol. The molecule has 2 aromatic rings. The van der Waals surface area contributed by atoms with Crippen LogP contribution in [0.5, 0.6) is 0 Å². The van der Waals surface area contributed by atoms with Crippen molar-refractivity contribution in [1.82, 2.24) is 5.32 Å². The highest BCUT2D eigenvalue weighted by molar-refractivity contribution is 6.31. The lowest BCUT2D eigenvalue weighted by Gasteiger charge is -2.23. The lowest BCUT2D eigenvalue weighted by Crippen LogP contribution is -2.36. The molecule has 6 heteroatoms. The SMILES string of the molecule is O=C(O)CNC(=O)C(c1ccc(NCc2ccccc2Cl)cc1)C1CCCC1. The first-order valence-electron chi connectivity index (χ1n) is 9.61. The van der Waals surface area contributed by atoms with E-state index in [2.05, 4.69) is 10.6 Å². The van der Waals surface area contributed by atoms with Crippen molar-refractivity contribution in [3.05, 3.63) is 64.7 Å². The Balaban J connectivity index is 1.69. The molecule has 5 nitrogen and oxygen atoms in total. The van der Waals surface area contributed by atoms with Gasteiger partial charge in [0.2, 0.25) is 5.91 Å². The molecule has 3 N–H and O–H groups in total. The summed E-state index contributed by atoms with van der Waals surface area (Å²) in [5.74, 6) is -1.28. The van der Waals surface area contributed by atoms with E-state index in [4.69, 9.17) is 16.7 Å². The van der Waals surface area contributed by atoms with Gasteiger partial charge in [-0.1, -0.05) is 54.8 Å². The largest absolute Gasteiger partial charge is 0.480 e. The van der Waals surface area contributed by atoms with Crippen molar-refractivity contribution in [3.8, 4) is 0 Å². The van der Waals surface area contributed by atoms with Crippen LogP contribution >= 0.6 is 11.6 Å². The third kappa shape index (κ3) is 5.26. The Morgan fingerprint density at radius 3 is 2.39 bits per heavy atom. The van der Waals surface area contributed by atoms with Crippen LogP contribution in [0.4, 0.5) is 5.69 Å². The van der Waals surface area contributed by atoms with Crippen LogP contribution in [0.15, 0.2) is 48.5 Å². The van der Waals surface area contributed by atoms with E-state index in [-0.39, 0.29) is 24.3 Å². The number of carbonyl (C=O) groups is 2. The number of hydrogen-bond acceptors (Lipinski definition) is 3. The third-order valence-corrected chi connectivity index (χ3v) is 5.65. The van der Waals surface area contributed by atoms with E-state index in [1.165, 1.54) is 0 Å². The molecule has 1 aliphatic rings. The van der Waals surface area contributed by atoms with Crippen molar-refractivity contribution in [1.29, 1.82) is 0 Å². The number of carbonyl (C=O) groups excluding carboxylic acids is 1. The number of carboxylic acid groups (broad SMARTS) is 1. The second kappa shape index (κ2) is 9.60. The van der Waals surface area contributed by atoms with Crippen LogP contribution in [-0.4, -0.2) is 23.5 Å². The molecular weight excluding hydrogens is 376 g/mol. The molecule has 0 bridgehead atoms. The zero-order chi connectivity index (χ0) is 19.9. The maximum atomic E-state index is 12.7. The van der Waals surface area contributed by atoms with Crippen LogP contribution in [0.2, 0.25) is 5.02 Å². The Kier molecular flexibility index (Phi) is 6.93. The molecule has 0 aromatic heterocycles. The van der Waals surface area contributed by atoms with Crippen LogP contribution in [0.1, 0.15) is 42.7 Å². The molecule has 1 fully saturated rings. The molecule has 1 atom stereocenters. The number of anilines is 1. The van der Waals surface area contributed by atoms with Gasteiger partial charge in [0.05, 0.1) is 5.92 Å². The fourth-order valence-electron chi connectivity index (χ4n) is 3.85. The number of aliphatic carboxylic acids is 1. The molecule has 28 heavy (non-hydrogen) atoms. The van der Waals surface area contributed by atoms with Gasteiger partial charge in [-0.2, -0.15) is 0 Å². The molecule has 1 saturated carbocycles. The van der Waals surface area contributed by atoms with Gasteiger partial charge in [-0.05, 0) is 48.1 Å². The van der Waals surface area contributed by atoms with E-state index in [0.717, 1.165) is 47.5 Å². The highest BCUT2D eigenvalue weighted by Gasteiger charge is 2.32. The van der Waals surface area contributed by atoms with Gasteiger partial charge in [0.1, 0.15) is 6.54 Å². The van der Waals surface area contributed by atoms with Crippen molar-refractivity contribution in [2.24, 2.45) is 5.92 Å². The fraction of sp³-hybridized carbons (Fsp3) is 0.364. The third-order valence-electron chi connectivity index (χ3n) is 5.28. The Morgan fingerprint density at radius 1 is 1.07 bits per heavy atom. The molecular formula is C22H25ClN2O3. The highest BCUT2D eigenvalue weighted by atomic mass is 35.5. The highest BCUT2D eigenvalue weighted by Crippen LogP contribution is 2.37. The Bertz CT molecular complexity index is 817. The van der Waals surface area contributed by atoms with E-state index in [0.29, 0.717) is 6.54 Å². The Labute approximate surface area is 170 Å². The standard InChI is InChI=1S/C22H25ClN2O3/c23-19-8-4-3-7-17(19)13-24-18-11-9-16(10-12-18)21(15-5-1-2-6-15)22(28)25-14-20(26)27/h3-4,7-12,15,21,24H,1-2,5-6,13-14H2,(H,25,28)(H,26,27). The number of hydrogen-bond donors (Lipinski definition) is 3. The fourth-order valence-corrected chi connectivity index (χ4v) is 4.05. The maximum Gasteiger partial charge on any atom is 0.322 e. The average molecular weight is 401 g/mol. The van der Waals surface area contributed by atoms with Crippen LogP contribution in [0.25, 0.3) is 0 Å². The van der Waals surface area contributed by atoms with Gasteiger partial charge in [-0.3, -0.25) is 9.59 Å². The van der Waals surface area contributed by atoms with E-state index in [1.54, 1.807) is 0 Å². The molecule has 3 rings (SSSR count). The van der Waals surface area contributed by atoms with Gasteiger partial charge in [-0.15, -0.1) is 0 Å². The molecule has 1 unspecified atom stereocenters. The minimum atomic E-state index is -1.03. The molecule has 148 valence electrons. The van der Waals surface area contributed by atoms with Gasteiger partial charge in [0.15, 0.2) is 0 Å². The van der Waals surface area contributed by atoms with E-state index in [1.807, 2.05) is 48.5 Å². The monoisotopic (exact) mass is 400 g/mol. The van der Waals surface area contributed by atoms with Gasteiger partial charge < -0.3 is 15.7 Å². The summed E-state index contributed by atoms with van der Waals surface area (Å²) in [6.45, 7) is 0.268. The zero-order valence-corrected chi connectivity index (χ0v) is 16.4. The summed E-state index contributed by atoms with van der Waals surface area (Å²) in [7, 11) is 0. The normalized spacial score (nSPS) is 15.2. The first-order valence-corrected chi connectivity index (χ1v) is 9.99. The van der Waals surface area contributed by atoms with Gasteiger partial charge in [0.25, 0.3) is 0 Å². The first kappa shape index (κ1) is 20.2. The minimum Gasteiger partial charge on any atom is -0.480 e. The molecule has 2 aromatic carbocycles. The number of nitrogens with one attached hydrogen (secondary N) is 2. The smallest absolute Gasteiger partial charge is 0.322 e. The van der Waals surface area contributed by atoms with Gasteiger partial charge >= 0.3 is 5.97 Å². The summed E-state index contributed by atoms with van der Waals surface area (Å²) >= 11 is 6.19. The van der Waals surface area contributed by atoms with Crippen LogP contribution in [0, 0.1) is 5.92 Å². The average Bonchev–Trinajstić information content (AvgIpc) is 3.21. The van der Waals surface area contributed by atoms with Crippen molar-refractivity contribution in [2.45, 2.75) is 38.1 Å². The quantitative estimate of drug-likeness (QED) is 0.612. The van der Waals surface area contributed by atoms with Crippen LogP contribution < -0.4 is 10.6 Å². The van der Waals surface area contributed by atoms with Crippen molar-refractivity contribution < 1.29 is 14.7 Å². The Morgan fingerprint density at radius 2 is 1.75 bits per heavy atom. The molecule has 1 amide bonds. The summed E-state index contributed by atoms with van der Waals surface area (Å²) in [4.78, 5) is 23.5. The number of carboxylic acids is 1. The number of rotatable bonds is 8. The topological polar surface area (TPSA) is 78.4 Å². The second-order valence-electron chi connectivity index (χ2n) is 7.20. The van der Waals surface area contributed by atoms with Crippen LogP contribution in [0.3, 0.4) is 0 Å². The number of benzene rings is 2. The predicted octanol–water partition coefficient (Wildman–Crippen LogP) is 4.43. The van der Waals surface area contributed by atoms with E-state index in [9.17, 15) is 9.59 Å². The van der Waals surface area contributed by atoms with E-state index < -0.39 is 5.97 Å². The van der Waals surface area contributed by atoms with Crippen LogP contribution in [-0.2, 0) is 16.1 Å². The lowest BCUT2D eigenvalue weighted by molar-refractivity contribution is -0.138. The van der Waals surface area contributed by atoms with Crippen molar-refractivity contribution in [2.75, 3.05) is 11.9 Å². The first-order chi connectivity index (χ1) is 13.5. The molecule has 0 spiro atoms. The summed E-state index contributed by atoms with van der Waals surface area (Å²) in [5.41, 5.74) is 2.89. The number of amides is 1. The zero-order valence-electron chi connectivity index (χ0n) is 15.7. The lowest BCUT2D eigenvalue weighted by atomic mass is 9.84. The van der Waals surface area contributed by atoms with Crippen molar-refractivity contribution >= 4 is 29.2 Å². The second-order valence-corrected chi connectivity index (χ2v) is 7.61. The van der Waals surface area contributed by atoms with Crippen molar-refractivity contribution in [3.63, 3.8) is 0 Å².